The van der Waals surface area contributed by atoms with Gasteiger partial charge in [0, 0.05) is 17.1 Å². The number of aryl methyl sites for hydroxylation is 1. The van der Waals surface area contributed by atoms with Gasteiger partial charge in [-0.15, -0.1) is 11.3 Å². The van der Waals surface area contributed by atoms with Crippen LogP contribution in [-0.2, 0) is 11.3 Å². The third-order valence-electron chi connectivity index (χ3n) is 4.23. The Kier molecular flexibility index (Phi) is 6.45. The van der Waals surface area contributed by atoms with Crippen molar-refractivity contribution >= 4 is 28.8 Å². The fraction of sp³-hybridized carbons (Fsp3) is 0.190. The molecule has 1 atom stereocenters. The molecule has 0 saturated carbocycles. The standard InChI is InChI=1S/C21H21ClN2OS/c1-15-4-8-17(9-5-15)21(19-3-2-12-26-19)24-14-20(25)23-13-16-6-10-18(22)11-7-16/h2-12,21,24H,13-14H2,1H3,(H,23,25)/p+1/t21-/m1/s1. The van der Waals surface area contributed by atoms with Crippen LogP contribution in [0.5, 0.6) is 0 Å². The van der Waals surface area contributed by atoms with Gasteiger partial charge in [0.15, 0.2) is 6.54 Å². The van der Waals surface area contributed by atoms with E-state index in [9.17, 15) is 4.79 Å². The van der Waals surface area contributed by atoms with Crippen LogP contribution in [0.25, 0.3) is 0 Å². The molecule has 1 amide bonds. The van der Waals surface area contributed by atoms with Crippen molar-refractivity contribution in [3.63, 3.8) is 0 Å². The molecule has 2 aromatic carbocycles. The molecule has 0 aliphatic heterocycles. The lowest BCUT2D eigenvalue weighted by Crippen LogP contribution is -2.87. The van der Waals surface area contributed by atoms with Crippen LogP contribution in [0.4, 0.5) is 0 Å². The van der Waals surface area contributed by atoms with Gasteiger partial charge in [-0.2, -0.15) is 0 Å². The molecule has 0 saturated heterocycles. The largest absolute Gasteiger partial charge is 0.347 e. The second-order valence-corrected chi connectivity index (χ2v) is 7.66. The van der Waals surface area contributed by atoms with E-state index in [1.807, 2.05) is 24.3 Å². The molecular weight excluding hydrogens is 364 g/mol. The smallest absolute Gasteiger partial charge is 0.275 e. The van der Waals surface area contributed by atoms with E-state index < -0.39 is 0 Å². The topological polar surface area (TPSA) is 45.7 Å². The van der Waals surface area contributed by atoms with E-state index in [0.717, 1.165) is 5.56 Å². The SMILES string of the molecule is Cc1ccc([C@@H]([NH2+]CC(=O)NCc2ccc(Cl)cc2)c2cccs2)cc1. The van der Waals surface area contributed by atoms with Crippen molar-refractivity contribution in [3.8, 4) is 0 Å². The Morgan fingerprint density at radius 3 is 2.50 bits per heavy atom. The van der Waals surface area contributed by atoms with Gasteiger partial charge in [0.25, 0.3) is 5.91 Å². The second kappa shape index (κ2) is 8.99. The summed E-state index contributed by atoms with van der Waals surface area (Å²) in [5, 5.41) is 7.83. The highest BCUT2D eigenvalue weighted by Crippen LogP contribution is 2.22. The first kappa shape index (κ1) is 18.6. The molecular formula is C21H22ClN2OS+. The monoisotopic (exact) mass is 385 g/mol. The van der Waals surface area contributed by atoms with Crippen molar-refractivity contribution in [2.24, 2.45) is 0 Å². The summed E-state index contributed by atoms with van der Waals surface area (Å²) >= 11 is 7.60. The van der Waals surface area contributed by atoms with Crippen molar-refractivity contribution in [2.75, 3.05) is 6.54 Å². The average molecular weight is 386 g/mol. The predicted molar refractivity (Wildman–Crippen MR) is 107 cm³/mol. The predicted octanol–water partition coefficient (Wildman–Crippen LogP) is 3.68. The molecule has 3 aromatic rings. The first-order valence-corrected chi connectivity index (χ1v) is 9.82. The number of carbonyl (C=O) groups is 1. The normalized spacial score (nSPS) is 11.9. The van der Waals surface area contributed by atoms with Gasteiger partial charge in [0.1, 0.15) is 6.04 Å². The van der Waals surface area contributed by atoms with Crippen LogP contribution in [0.1, 0.15) is 27.6 Å². The first-order chi connectivity index (χ1) is 12.6. The Bertz CT molecular complexity index is 829. The number of amides is 1. The number of benzene rings is 2. The lowest BCUT2D eigenvalue weighted by Gasteiger charge is -2.15. The van der Waals surface area contributed by atoms with Crippen molar-refractivity contribution < 1.29 is 10.1 Å². The fourth-order valence-electron chi connectivity index (χ4n) is 2.76. The number of halogens is 1. The summed E-state index contributed by atoms with van der Waals surface area (Å²) in [6.07, 6.45) is 0. The molecule has 0 spiro atoms. The van der Waals surface area contributed by atoms with Crippen LogP contribution in [0.3, 0.4) is 0 Å². The molecule has 134 valence electrons. The van der Waals surface area contributed by atoms with E-state index in [0.29, 0.717) is 18.1 Å². The van der Waals surface area contributed by atoms with E-state index in [1.54, 1.807) is 11.3 Å². The zero-order valence-electron chi connectivity index (χ0n) is 14.6. The minimum Gasteiger partial charge on any atom is -0.347 e. The maximum absolute atomic E-state index is 12.3. The highest BCUT2D eigenvalue weighted by Gasteiger charge is 2.19. The van der Waals surface area contributed by atoms with Gasteiger partial charge in [0.2, 0.25) is 0 Å². The van der Waals surface area contributed by atoms with E-state index in [2.05, 4.69) is 59.3 Å². The molecule has 26 heavy (non-hydrogen) atoms. The summed E-state index contributed by atoms with van der Waals surface area (Å²) in [4.78, 5) is 13.5. The third-order valence-corrected chi connectivity index (χ3v) is 5.44. The van der Waals surface area contributed by atoms with Crippen molar-refractivity contribution in [2.45, 2.75) is 19.5 Å². The van der Waals surface area contributed by atoms with Gasteiger partial charge in [-0.25, -0.2) is 0 Å². The minimum absolute atomic E-state index is 0.0219. The zero-order valence-corrected chi connectivity index (χ0v) is 16.2. The molecule has 0 unspecified atom stereocenters. The van der Waals surface area contributed by atoms with Crippen LogP contribution in [0, 0.1) is 6.92 Å². The molecule has 1 heterocycles. The van der Waals surface area contributed by atoms with Crippen LogP contribution >= 0.6 is 22.9 Å². The number of nitrogens with two attached hydrogens (primary N) is 1. The lowest BCUT2D eigenvalue weighted by atomic mass is 10.0. The third kappa shape index (κ3) is 5.18. The van der Waals surface area contributed by atoms with Gasteiger partial charge in [0.05, 0.1) is 4.88 Å². The Labute approximate surface area is 163 Å². The van der Waals surface area contributed by atoms with Crippen molar-refractivity contribution in [1.29, 1.82) is 0 Å². The van der Waals surface area contributed by atoms with Gasteiger partial charge >= 0.3 is 0 Å². The van der Waals surface area contributed by atoms with E-state index in [-0.39, 0.29) is 11.9 Å². The molecule has 3 N–H and O–H groups in total. The molecule has 3 nitrogen and oxygen atoms in total. The molecule has 0 fully saturated rings. The molecule has 0 aliphatic carbocycles. The molecule has 5 heteroatoms. The Morgan fingerprint density at radius 1 is 1.12 bits per heavy atom. The summed E-state index contributed by atoms with van der Waals surface area (Å²) in [6, 6.07) is 20.3. The maximum Gasteiger partial charge on any atom is 0.275 e. The second-order valence-electron chi connectivity index (χ2n) is 6.25. The quantitative estimate of drug-likeness (QED) is 0.640. The number of thiophene rings is 1. The summed E-state index contributed by atoms with van der Waals surface area (Å²) in [6.45, 7) is 2.97. The molecule has 0 radical (unpaired) electrons. The van der Waals surface area contributed by atoms with E-state index in [1.165, 1.54) is 16.0 Å². The summed E-state index contributed by atoms with van der Waals surface area (Å²) in [5.41, 5.74) is 3.49. The van der Waals surface area contributed by atoms with Gasteiger partial charge in [-0.1, -0.05) is 59.6 Å². The van der Waals surface area contributed by atoms with Crippen molar-refractivity contribution in [1.82, 2.24) is 5.32 Å². The Hall–Kier alpha value is -2.14. The summed E-state index contributed by atoms with van der Waals surface area (Å²) in [7, 11) is 0. The lowest BCUT2D eigenvalue weighted by molar-refractivity contribution is -0.676. The first-order valence-electron chi connectivity index (χ1n) is 8.56. The molecule has 1 aromatic heterocycles. The van der Waals surface area contributed by atoms with Crippen LogP contribution < -0.4 is 10.6 Å². The fourth-order valence-corrected chi connectivity index (χ4v) is 3.73. The highest BCUT2D eigenvalue weighted by atomic mass is 35.5. The van der Waals surface area contributed by atoms with Crippen LogP contribution in [0.2, 0.25) is 5.02 Å². The van der Waals surface area contributed by atoms with Crippen molar-refractivity contribution in [3.05, 3.63) is 92.6 Å². The number of quaternary nitrogens is 1. The molecule has 3 rings (SSSR count). The van der Waals surface area contributed by atoms with Gasteiger partial charge < -0.3 is 10.6 Å². The Morgan fingerprint density at radius 2 is 1.85 bits per heavy atom. The number of rotatable bonds is 7. The zero-order chi connectivity index (χ0) is 18.4. The van der Waals surface area contributed by atoms with Crippen LogP contribution in [-0.4, -0.2) is 12.5 Å². The molecule has 0 bridgehead atoms. The minimum atomic E-state index is 0.0219. The number of nitrogens with one attached hydrogen (secondary N) is 1. The van der Waals surface area contributed by atoms with Gasteiger partial charge in [-0.3, -0.25) is 4.79 Å². The highest BCUT2D eigenvalue weighted by molar-refractivity contribution is 7.10. The summed E-state index contributed by atoms with van der Waals surface area (Å²) in [5.74, 6) is 0.0219. The Balaban J connectivity index is 1.59. The van der Waals surface area contributed by atoms with E-state index in [4.69, 9.17) is 11.6 Å². The maximum atomic E-state index is 12.3. The summed E-state index contributed by atoms with van der Waals surface area (Å²) < 4.78 is 0. The average Bonchev–Trinajstić information content (AvgIpc) is 3.17. The van der Waals surface area contributed by atoms with Gasteiger partial charge in [-0.05, 0) is 36.1 Å². The number of hydrogen-bond donors (Lipinski definition) is 2. The molecule has 0 aliphatic rings. The number of hydrogen-bond acceptors (Lipinski definition) is 2. The van der Waals surface area contributed by atoms with Crippen LogP contribution in [0.15, 0.2) is 66.0 Å². The number of carbonyl (C=O) groups excluding carboxylic acids is 1. The van der Waals surface area contributed by atoms with E-state index >= 15 is 0 Å².